The molecular formula is C9H10N4O2S. The third-order valence-corrected chi connectivity index (χ3v) is 2.86. The molecule has 0 aliphatic carbocycles. The van der Waals surface area contributed by atoms with Gasteiger partial charge in [0.15, 0.2) is 5.03 Å². The predicted octanol–water partition coefficient (Wildman–Crippen LogP) is 0.760. The zero-order valence-electron chi connectivity index (χ0n) is 8.80. The largest absolute Gasteiger partial charge is 0.368 e. The van der Waals surface area contributed by atoms with Gasteiger partial charge in [-0.1, -0.05) is 5.16 Å². The lowest BCUT2D eigenvalue weighted by atomic mass is 10.2. The molecule has 84 valence electrons. The van der Waals surface area contributed by atoms with Crippen molar-refractivity contribution in [2.45, 2.75) is 11.9 Å². The zero-order chi connectivity index (χ0) is 11.7. The Morgan fingerprint density at radius 3 is 2.88 bits per heavy atom. The van der Waals surface area contributed by atoms with Gasteiger partial charge in [0.05, 0.1) is 22.1 Å². The molecule has 0 bridgehead atoms. The smallest absolute Gasteiger partial charge is 0.220 e. The Balaban J connectivity index is 2.63. The Morgan fingerprint density at radius 2 is 2.25 bits per heavy atom. The summed E-state index contributed by atoms with van der Waals surface area (Å²) in [6.07, 6.45) is 3.07. The predicted molar refractivity (Wildman–Crippen MR) is 59.0 cm³/mol. The molecule has 7 heteroatoms. The fourth-order valence-electron chi connectivity index (χ4n) is 1.35. The minimum Gasteiger partial charge on any atom is -0.368 e. The molecule has 0 radical (unpaired) electrons. The second-order valence-corrected chi connectivity index (χ2v) is 4.47. The van der Waals surface area contributed by atoms with Crippen LogP contribution in [0.4, 0.5) is 5.95 Å². The third kappa shape index (κ3) is 1.81. The molecule has 1 atom stereocenters. The molecule has 0 aromatic carbocycles. The summed E-state index contributed by atoms with van der Waals surface area (Å²) in [6.45, 7) is 1.73. The van der Waals surface area contributed by atoms with Crippen molar-refractivity contribution in [2.24, 2.45) is 0 Å². The maximum atomic E-state index is 11.5. The van der Waals surface area contributed by atoms with Crippen LogP contribution < -0.4 is 5.73 Å². The van der Waals surface area contributed by atoms with Gasteiger partial charge in [0.2, 0.25) is 5.95 Å². The Labute approximate surface area is 94.3 Å². The van der Waals surface area contributed by atoms with Gasteiger partial charge in [-0.3, -0.25) is 4.21 Å². The minimum atomic E-state index is -1.23. The SMILES string of the molecule is Cc1onc(S(C)=O)c1-c1ccnc(N)n1. The normalized spacial score (nSPS) is 12.6. The van der Waals surface area contributed by atoms with Crippen LogP contribution in [0.15, 0.2) is 21.8 Å². The molecule has 0 saturated heterocycles. The highest BCUT2D eigenvalue weighted by molar-refractivity contribution is 7.84. The number of nitrogens with two attached hydrogens (primary N) is 1. The molecule has 2 rings (SSSR count). The van der Waals surface area contributed by atoms with E-state index in [0.29, 0.717) is 22.0 Å². The summed E-state index contributed by atoms with van der Waals surface area (Å²) in [5.41, 5.74) is 6.68. The van der Waals surface area contributed by atoms with Crippen LogP contribution >= 0.6 is 0 Å². The van der Waals surface area contributed by atoms with Crippen LogP contribution in [0.3, 0.4) is 0 Å². The monoisotopic (exact) mass is 238 g/mol. The third-order valence-electron chi connectivity index (χ3n) is 2.03. The highest BCUT2D eigenvalue weighted by Crippen LogP contribution is 2.27. The van der Waals surface area contributed by atoms with E-state index in [9.17, 15) is 4.21 Å². The number of hydrogen-bond acceptors (Lipinski definition) is 6. The van der Waals surface area contributed by atoms with Gasteiger partial charge in [-0.25, -0.2) is 9.97 Å². The summed E-state index contributed by atoms with van der Waals surface area (Å²) < 4.78 is 16.5. The Hall–Kier alpha value is -1.76. The average molecular weight is 238 g/mol. The molecule has 2 aromatic rings. The van der Waals surface area contributed by atoms with E-state index < -0.39 is 10.8 Å². The van der Waals surface area contributed by atoms with Crippen molar-refractivity contribution in [3.8, 4) is 11.3 Å². The van der Waals surface area contributed by atoms with Crippen LogP contribution in [0.5, 0.6) is 0 Å². The van der Waals surface area contributed by atoms with Crippen molar-refractivity contribution in [2.75, 3.05) is 12.0 Å². The highest BCUT2D eigenvalue weighted by atomic mass is 32.2. The van der Waals surface area contributed by atoms with Crippen LogP contribution in [-0.4, -0.2) is 25.6 Å². The van der Waals surface area contributed by atoms with E-state index >= 15 is 0 Å². The zero-order valence-corrected chi connectivity index (χ0v) is 9.61. The van der Waals surface area contributed by atoms with Crippen molar-refractivity contribution in [3.05, 3.63) is 18.0 Å². The van der Waals surface area contributed by atoms with Gasteiger partial charge < -0.3 is 10.3 Å². The first-order valence-corrected chi connectivity index (χ1v) is 6.04. The number of nitrogen functional groups attached to an aromatic ring is 1. The average Bonchev–Trinajstić information content (AvgIpc) is 2.60. The Kier molecular flexibility index (Phi) is 2.69. The van der Waals surface area contributed by atoms with E-state index in [2.05, 4.69) is 15.1 Å². The highest BCUT2D eigenvalue weighted by Gasteiger charge is 2.18. The molecule has 6 nitrogen and oxygen atoms in total. The van der Waals surface area contributed by atoms with Crippen LogP contribution in [0.1, 0.15) is 5.76 Å². The van der Waals surface area contributed by atoms with Gasteiger partial charge in [0.25, 0.3) is 0 Å². The molecule has 16 heavy (non-hydrogen) atoms. The number of nitrogens with zero attached hydrogens (tertiary/aromatic N) is 3. The van der Waals surface area contributed by atoms with Gasteiger partial charge in [0.1, 0.15) is 5.76 Å². The summed E-state index contributed by atoms with van der Waals surface area (Å²) in [4.78, 5) is 7.85. The number of hydrogen-bond donors (Lipinski definition) is 1. The van der Waals surface area contributed by atoms with Crippen molar-refractivity contribution >= 4 is 16.7 Å². The topological polar surface area (TPSA) is 94.9 Å². The quantitative estimate of drug-likeness (QED) is 0.829. The summed E-state index contributed by atoms with van der Waals surface area (Å²) in [5.74, 6) is 0.717. The van der Waals surface area contributed by atoms with Crippen molar-refractivity contribution in [3.63, 3.8) is 0 Å². The van der Waals surface area contributed by atoms with Crippen LogP contribution in [0.2, 0.25) is 0 Å². The number of anilines is 1. The summed E-state index contributed by atoms with van der Waals surface area (Å²) in [5, 5.41) is 4.12. The molecule has 0 amide bonds. The second kappa shape index (κ2) is 4.01. The summed E-state index contributed by atoms with van der Waals surface area (Å²) >= 11 is 0. The number of aromatic nitrogens is 3. The first-order valence-electron chi connectivity index (χ1n) is 4.48. The minimum absolute atomic E-state index is 0.158. The lowest BCUT2D eigenvalue weighted by molar-refractivity contribution is 0.383. The Bertz CT molecular complexity index is 552. The van der Waals surface area contributed by atoms with Crippen LogP contribution in [0.25, 0.3) is 11.3 Å². The van der Waals surface area contributed by atoms with Crippen LogP contribution in [0, 0.1) is 6.92 Å². The van der Waals surface area contributed by atoms with Gasteiger partial charge in [-0.05, 0) is 13.0 Å². The number of rotatable bonds is 2. The van der Waals surface area contributed by atoms with E-state index in [4.69, 9.17) is 10.3 Å². The molecular weight excluding hydrogens is 228 g/mol. The fraction of sp³-hybridized carbons (Fsp3) is 0.222. The fourth-order valence-corrected chi connectivity index (χ4v) is 2.03. The van der Waals surface area contributed by atoms with Gasteiger partial charge >= 0.3 is 0 Å². The molecule has 0 spiro atoms. The van der Waals surface area contributed by atoms with Gasteiger partial charge in [0, 0.05) is 12.5 Å². The van der Waals surface area contributed by atoms with Crippen molar-refractivity contribution in [1.82, 2.24) is 15.1 Å². The lowest BCUT2D eigenvalue weighted by Crippen LogP contribution is -1.98. The summed E-state index contributed by atoms with van der Waals surface area (Å²) in [7, 11) is -1.23. The molecule has 0 aliphatic rings. The maximum absolute atomic E-state index is 11.5. The molecule has 1 unspecified atom stereocenters. The second-order valence-electron chi connectivity index (χ2n) is 3.17. The Morgan fingerprint density at radius 1 is 1.50 bits per heavy atom. The molecule has 2 heterocycles. The van der Waals surface area contributed by atoms with E-state index in [0.717, 1.165) is 0 Å². The van der Waals surface area contributed by atoms with E-state index in [1.807, 2.05) is 0 Å². The molecule has 0 aliphatic heterocycles. The van der Waals surface area contributed by atoms with Gasteiger partial charge in [-0.2, -0.15) is 0 Å². The molecule has 2 N–H and O–H groups in total. The first kappa shape index (κ1) is 10.7. The molecule has 0 saturated carbocycles. The standard InChI is InChI=1S/C9H10N4O2S/c1-5-7(8(13-15-5)16(2)14)6-3-4-11-9(10)12-6/h3-4H,1-2H3,(H2,10,11,12). The van der Waals surface area contributed by atoms with Crippen LogP contribution in [-0.2, 0) is 10.8 Å². The van der Waals surface area contributed by atoms with E-state index in [-0.39, 0.29) is 5.95 Å². The molecule has 2 aromatic heterocycles. The number of aryl methyl sites for hydroxylation is 1. The maximum Gasteiger partial charge on any atom is 0.220 e. The van der Waals surface area contributed by atoms with Gasteiger partial charge in [-0.15, -0.1) is 0 Å². The van der Waals surface area contributed by atoms with Crippen molar-refractivity contribution < 1.29 is 8.73 Å². The lowest BCUT2D eigenvalue weighted by Gasteiger charge is -2.00. The van der Waals surface area contributed by atoms with E-state index in [1.165, 1.54) is 12.5 Å². The summed E-state index contributed by atoms with van der Waals surface area (Å²) in [6, 6.07) is 1.67. The molecule has 0 fully saturated rings. The first-order chi connectivity index (χ1) is 7.59. The van der Waals surface area contributed by atoms with E-state index in [1.54, 1.807) is 13.0 Å². The van der Waals surface area contributed by atoms with Crippen molar-refractivity contribution in [1.29, 1.82) is 0 Å².